The second-order valence-electron chi connectivity index (χ2n) is 5.53. The van der Waals surface area contributed by atoms with Crippen LogP contribution in [0.1, 0.15) is 44.3 Å². The Morgan fingerprint density at radius 1 is 1.37 bits per heavy atom. The number of benzene rings is 1. The fourth-order valence-electron chi connectivity index (χ4n) is 2.89. The normalized spacial score (nSPS) is 19.3. The molecule has 1 unspecified atom stereocenters. The summed E-state index contributed by atoms with van der Waals surface area (Å²) >= 11 is 0. The summed E-state index contributed by atoms with van der Waals surface area (Å²) in [4.78, 5) is 0. The summed E-state index contributed by atoms with van der Waals surface area (Å²) in [6, 6.07) is 8.13. The number of aliphatic hydroxyl groups is 1. The maximum atomic E-state index is 10.2. The van der Waals surface area contributed by atoms with Crippen molar-refractivity contribution in [1.82, 2.24) is 5.32 Å². The van der Waals surface area contributed by atoms with E-state index in [9.17, 15) is 5.11 Å². The van der Waals surface area contributed by atoms with E-state index in [1.807, 2.05) is 24.3 Å². The number of hydrogen-bond acceptors (Lipinski definition) is 3. The van der Waals surface area contributed by atoms with Crippen LogP contribution in [0.15, 0.2) is 24.3 Å². The minimum atomic E-state index is -0.473. The van der Waals surface area contributed by atoms with Crippen LogP contribution in [0.2, 0.25) is 0 Å². The first kappa shape index (κ1) is 14.4. The molecule has 3 nitrogen and oxygen atoms in total. The van der Waals surface area contributed by atoms with Gasteiger partial charge in [-0.05, 0) is 43.4 Å². The molecule has 2 atom stereocenters. The number of methoxy groups -OCH3 is 1. The number of rotatable bonds is 6. The predicted octanol–water partition coefficient (Wildman–Crippen LogP) is 2.90. The SMILES string of the molecule is COc1cccc(C(O)CN[C@H](C)C2CCCC2)c1. The highest BCUT2D eigenvalue weighted by atomic mass is 16.5. The summed E-state index contributed by atoms with van der Waals surface area (Å²) in [5, 5.41) is 13.7. The quantitative estimate of drug-likeness (QED) is 0.829. The highest BCUT2D eigenvalue weighted by Gasteiger charge is 2.21. The predicted molar refractivity (Wildman–Crippen MR) is 77.4 cm³/mol. The molecule has 0 radical (unpaired) electrons. The van der Waals surface area contributed by atoms with E-state index in [2.05, 4.69) is 12.2 Å². The Balaban J connectivity index is 1.84. The highest BCUT2D eigenvalue weighted by molar-refractivity contribution is 5.29. The third-order valence-corrected chi connectivity index (χ3v) is 4.22. The van der Waals surface area contributed by atoms with Crippen molar-refractivity contribution < 1.29 is 9.84 Å². The van der Waals surface area contributed by atoms with E-state index in [1.54, 1.807) is 7.11 Å². The molecule has 1 aromatic carbocycles. The summed E-state index contributed by atoms with van der Waals surface area (Å²) in [5.41, 5.74) is 0.908. The number of hydrogen-bond donors (Lipinski definition) is 2. The van der Waals surface area contributed by atoms with Crippen LogP contribution in [0.4, 0.5) is 0 Å². The van der Waals surface area contributed by atoms with Crippen molar-refractivity contribution in [3.63, 3.8) is 0 Å². The molecule has 1 fully saturated rings. The summed E-state index contributed by atoms with van der Waals surface area (Å²) in [5.74, 6) is 1.57. The summed E-state index contributed by atoms with van der Waals surface area (Å²) < 4.78 is 5.18. The van der Waals surface area contributed by atoms with E-state index in [0.29, 0.717) is 12.6 Å². The first-order valence-corrected chi connectivity index (χ1v) is 7.26. The van der Waals surface area contributed by atoms with E-state index < -0.39 is 6.10 Å². The van der Waals surface area contributed by atoms with Gasteiger partial charge < -0.3 is 15.2 Å². The Morgan fingerprint density at radius 2 is 2.11 bits per heavy atom. The topological polar surface area (TPSA) is 41.5 Å². The average Bonchev–Trinajstić information content (AvgIpc) is 2.98. The fourth-order valence-corrected chi connectivity index (χ4v) is 2.89. The minimum absolute atomic E-state index is 0.473. The maximum absolute atomic E-state index is 10.2. The van der Waals surface area contributed by atoms with Gasteiger partial charge in [0.25, 0.3) is 0 Å². The zero-order chi connectivity index (χ0) is 13.7. The van der Waals surface area contributed by atoms with Gasteiger partial charge in [0.05, 0.1) is 13.2 Å². The molecule has 2 N–H and O–H groups in total. The third kappa shape index (κ3) is 3.95. The molecule has 1 saturated carbocycles. The standard InChI is InChI=1S/C16H25NO2/c1-12(13-6-3-4-7-13)17-11-16(18)14-8-5-9-15(10-14)19-2/h5,8-10,12-13,16-18H,3-4,6-7,11H2,1-2H3/t12-,16?/m1/s1. The molecule has 1 aromatic rings. The van der Waals surface area contributed by atoms with Crippen molar-refractivity contribution in [3.8, 4) is 5.75 Å². The molecule has 106 valence electrons. The van der Waals surface area contributed by atoms with E-state index in [4.69, 9.17) is 4.74 Å². The molecule has 0 aliphatic heterocycles. The number of nitrogens with one attached hydrogen (secondary N) is 1. The molecule has 1 aliphatic rings. The van der Waals surface area contributed by atoms with Crippen molar-refractivity contribution >= 4 is 0 Å². The van der Waals surface area contributed by atoms with Crippen molar-refractivity contribution in [2.24, 2.45) is 5.92 Å². The van der Waals surface area contributed by atoms with Crippen LogP contribution >= 0.6 is 0 Å². The van der Waals surface area contributed by atoms with Gasteiger partial charge >= 0.3 is 0 Å². The van der Waals surface area contributed by atoms with Crippen molar-refractivity contribution in [2.45, 2.75) is 44.8 Å². The van der Waals surface area contributed by atoms with Crippen LogP contribution in [0.25, 0.3) is 0 Å². The molecule has 0 saturated heterocycles. The number of ether oxygens (including phenoxy) is 1. The average molecular weight is 263 g/mol. The summed E-state index contributed by atoms with van der Waals surface area (Å²) in [6.07, 6.45) is 4.89. The molecule has 19 heavy (non-hydrogen) atoms. The van der Waals surface area contributed by atoms with E-state index in [1.165, 1.54) is 25.7 Å². The van der Waals surface area contributed by atoms with Gasteiger partial charge in [-0.3, -0.25) is 0 Å². The van der Waals surface area contributed by atoms with Gasteiger partial charge in [-0.1, -0.05) is 25.0 Å². The van der Waals surface area contributed by atoms with Crippen LogP contribution < -0.4 is 10.1 Å². The lowest BCUT2D eigenvalue weighted by Gasteiger charge is -2.22. The Kier molecular flexibility index (Phi) is 5.23. The van der Waals surface area contributed by atoms with Gasteiger partial charge in [-0.15, -0.1) is 0 Å². The second kappa shape index (κ2) is 6.92. The molecular formula is C16H25NO2. The molecule has 0 heterocycles. The second-order valence-corrected chi connectivity index (χ2v) is 5.53. The van der Waals surface area contributed by atoms with Gasteiger partial charge in [0, 0.05) is 12.6 Å². The molecule has 0 aromatic heterocycles. The molecule has 1 aliphatic carbocycles. The van der Waals surface area contributed by atoms with Crippen LogP contribution in [-0.2, 0) is 0 Å². The third-order valence-electron chi connectivity index (χ3n) is 4.22. The molecule has 2 rings (SSSR count). The fraction of sp³-hybridized carbons (Fsp3) is 0.625. The lowest BCUT2D eigenvalue weighted by molar-refractivity contribution is 0.165. The minimum Gasteiger partial charge on any atom is -0.497 e. The summed E-state index contributed by atoms with van der Waals surface area (Å²) in [7, 11) is 1.64. The zero-order valence-corrected chi connectivity index (χ0v) is 11.9. The Morgan fingerprint density at radius 3 is 2.79 bits per heavy atom. The largest absolute Gasteiger partial charge is 0.497 e. The smallest absolute Gasteiger partial charge is 0.119 e. The Bertz CT molecular complexity index is 388. The monoisotopic (exact) mass is 263 g/mol. The van der Waals surface area contributed by atoms with Crippen molar-refractivity contribution in [1.29, 1.82) is 0 Å². The van der Waals surface area contributed by atoms with E-state index >= 15 is 0 Å². The van der Waals surface area contributed by atoms with Crippen molar-refractivity contribution in [3.05, 3.63) is 29.8 Å². The van der Waals surface area contributed by atoms with Crippen LogP contribution in [-0.4, -0.2) is 24.8 Å². The van der Waals surface area contributed by atoms with Crippen LogP contribution in [0.5, 0.6) is 5.75 Å². The van der Waals surface area contributed by atoms with Crippen LogP contribution in [0, 0.1) is 5.92 Å². The number of aliphatic hydroxyl groups excluding tert-OH is 1. The summed E-state index contributed by atoms with van der Waals surface area (Å²) in [6.45, 7) is 2.83. The molecular weight excluding hydrogens is 238 g/mol. The van der Waals surface area contributed by atoms with Gasteiger partial charge in [0.15, 0.2) is 0 Å². The molecule has 3 heteroatoms. The van der Waals surface area contributed by atoms with Gasteiger partial charge in [-0.2, -0.15) is 0 Å². The molecule has 0 spiro atoms. The Hall–Kier alpha value is -1.06. The lowest BCUT2D eigenvalue weighted by atomic mass is 9.99. The highest BCUT2D eigenvalue weighted by Crippen LogP contribution is 2.27. The lowest BCUT2D eigenvalue weighted by Crippen LogP contribution is -2.35. The van der Waals surface area contributed by atoms with Gasteiger partial charge in [0.1, 0.15) is 5.75 Å². The van der Waals surface area contributed by atoms with Gasteiger partial charge in [0.2, 0.25) is 0 Å². The molecule has 0 bridgehead atoms. The van der Waals surface area contributed by atoms with Crippen LogP contribution in [0.3, 0.4) is 0 Å². The maximum Gasteiger partial charge on any atom is 0.119 e. The Labute approximate surface area is 116 Å². The first-order chi connectivity index (χ1) is 9.20. The van der Waals surface area contributed by atoms with E-state index in [0.717, 1.165) is 17.2 Å². The molecule has 0 amide bonds. The van der Waals surface area contributed by atoms with E-state index in [-0.39, 0.29) is 0 Å². The van der Waals surface area contributed by atoms with Gasteiger partial charge in [-0.25, -0.2) is 0 Å². The van der Waals surface area contributed by atoms with Crippen molar-refractivity contribution in [2.75, 3.05) is 13.7 Å². The zero-order valence-electron chi connectivity index (χ0n) is 11.9. The first-order valence-electron chi connectivity index (χ1n) is 7.26.